The smallest absolute Gasteiger partial charge is 0.257 e. The van der Waals surface area contributed by atoms with Gasteiger partial charge >= 0.3 is 0 Å². The third-order valence-electron chi connectivity index (χ3n) is 3.17. The second-order valence-electron chi connectivity index (χ2n) is 4.53. The molecule has 0 atom stereocenters. The molecule has 3 rings (SSSR count). The third-order valence-corrected chi connectivity index (χ3v) is 3.41. The van der Waals surface area contributed by atoms with Gasteiger partial charge in [0.05, 0.1) is 22.9 Å². The molecule has 2 aromatic carbocycles. The quantitative estimate of drug-likeness (QED) is 0.693. The van der Waals surface area contributed by atoms with Gasteiger partial charge < -0.3 is 15.6 Å². The molecular weight excluding hydrogens is 288 g/mol. The van der Waals surface area contributed by atoms with E-state index in [1.165, 1.54) is 0 Å². The number of hydrogen-bond acceptors (Lipinski definition) is 3. The number of halogens is 1. The first-order valence-electron chi connectivity index (χ1n) is 6.39. The van der Waals surface area contributed by atoms with Crippen LogP contribution in [0.5, 0.6) is 0 Å². The number of nitrogens with one attached hydrogen (secondary N) is 3. The van der Waals surface area contributed by atoms with Gasteiger partial charge in [-0.3, -0.25) is 4.79 Å². The van der Waals surface area contributed by atoms with Crippen molar-refractivity contribution in [1.29, 1.82) is 0 Å². The Bertz CT molecular complexity index is 812. The summed E-state index contributed by atoms with van der Waals surface area (Å²) in [6.07, 6.45) is 1.62. The Hall–Kier alpha value is -2.53. The van der Waals surface area contributed by atoms with Crippen LogP contribution >= 0.6 is 11.6 Å². The normalized spacial score (nSPS) is 10.6. The van der Waals surface area contributed by atoms with E-state index in [-0.39, 0.29) is 5.91 Å². The highest BCUT2D eigenvalue weighted by Crippen LogP contribution is 2.22. The Kier molecular flexibility index (Phi) is 3.50. The van der Waals surface area contributed by atoms with Gasteiger partial charge in [0.2, 0.25) is 0 Å². The standard InChI is InChI=1S/C15H13ClN4O/c1-17-13-6-9(16)2-4-11(13)15(21)20-10-3-5-12-14(7-10)19-8-18-12/h2-8,17H,1H3,(H,18,19)(H,20,21). The van der Waals surface area contributed by atoms with Crippen molar-refractivity contribution in [1.82, 2.24) is 9.97 Å². The fourth-order valence-corrected chi connectivity index (χ4v) is 2.31. The predicted octanol–water partition coefficient (Wildman–Crippen LogP) is 3.51. The van der Waals surface area contributed by atoms with E-state index in [1.54, 1.807) is 31.6 Å². The predicted molar refractivity (Wildman–Crippen MR) is 85.0 cm³/mol. The highest BCUT2D eigenvalue weighted by molar-refractivity contribution is 6.31. The van der Waals surface area contributed by atoms with E-state index in [4.69, 9.17) is 11.6 Å². The molecule has 0 bridgehead atoms. The average Bonchev–Trinajstić information content (AvgIpc) is 2.94. The summed E-state index contributed by atoms with van der Waals surface area (Å²) in [5, 5.41) is 6.41. The highest BCUT2D eigenvalue weighted by atomic mass is 35.5. The molecule has 0 aliphatic rings. The van der Waals surface area contributed by atoms with Gasteiger partial charge in [0, 0.05) is 23.4 Å². The number of amides is 1. The summed E-state index contributed by atoms with van der Waals surface area (Å²) in [5.41, 5.74) is 3.65. The van der Waals surface area contributed by atoms with Crippen molar-refractivity contribution < 1.29 is 4.79 Å². The Morgan fingerprint density at radius 1 is 1.24 bits per heavy atom. The second-order valence-corrected chi connectivity index (χ2v) is 4.96. The molecule has 6 heteroatoms. The van der Waals surface area contributed by atoms with Crippen LogP contribution in [0.25, 0.3) is 11.0 Å². The van der Waals surface area contributed by atoms with Crippen LogP contribution in [0.3, 0.4) is 0 Å². The number of hydrogen-bond donors (Lipinski definition) is 3. The molecular formula is C15H13ClN4O. The number of H-pyrrole nitrogens is 1. The van der Waals surface area contributed by atoms with Gasteiger partial charge in [-0.15, -0.1) is 0 Å². The Morgan fingerprint density at radius 2 is 2.10 bits per heavy atom. The number of aromatic amines is 1. The fraction of sp³-hybridized carbons (Fsp3) is 0.0667. The van der Waals surface area contributed by atoms with Crippen LogP contribution in [-0.2, 0) is 0 Å². The summed E-state index contributed by atoms with van der Waals surface area (Å²) in [6.45, 7) is 0. The molecule has 0 spiro atoms. The Morgan fingerprint density at radius 3 is 2.90 bits per heavy atom. The lowest BCUT2D eigenvalue weighted by molar-refractivity contribution is 0.102. The van der Waals surface area contributed by atoms with Crippen LogP contribution in [0, 0.1) is 0 Å². The zero-order valence-electron chi connectivity index (χ0n) is 11.3. The highest BCUT2D eigenvalue weighted by Gasteiger charge is 2.12. The van der Waals surface area contributed by atoms with Crippen molar-refractivity contribution in [2.45, 2.75) is 0 Å². The number of fused-ring (bicyclic) bond motifs is 1. The van der Waals surface area contributed by atoms with Gasteiger partial charge in [0.25, 0.3) is 5.91 Å². The SMILES string of the molecule is CNc1cc(Cl)ccc1C(=O)Nc1ccc2nc[nH]c2c1. The van der Waals surface area contributed by atoms with Crippen molar-refractivity contribution in [3.05, 3.63) is 53.3 Å². The molecule has 1 aromatic heterocycles. The summed E-state index contributed by atoms with van der Waals surface area (Å²) in [6, 6.07) is 10.6. The first-order valence-corrected chi connectivity index (χ1v) is 6.77. The molecule has 5 nitrogen and oxygen atoms in total. The van der Waals surface area contributed by atoms with Gasteiger partial charge in [0.1, 0.15) is 0 Å². The molecule has 0 saturated heterocycles. The molecule has 0 aliphatic carbocycles. The number of benzene rings is 2. The minimum atomic E-state index is -0.199. The van der Waals surface area contributed by atoms with Crippen LogP contribution in [-0.4, -0.2) is 22.9 Å². The molecule has 1 amide bonds. The van der Waals surface area contributed by atoms with E-state index in [2.05, 4.69) is 20.6 Å². The van der Waals surface area contributed by atoms with Crippen LogP contribution in [0.2, 0.25) is 5.02 Å². The number of nitrogens with zero attached hydrogens (tertiary/aromatic N) is 1. The molecule has 106 valence electrons. The minimum Gasteiger partial charge on any atom is -0.387 e. The van der Waals surface area contributed by atoms with Crippen LogP contribution < -0.4 is 10.6 Å². The van der Waals surface area contributed by atoms with Crippen LogP contribution in [0.1, 0.15) is 10.4 Å². The molecule has 0 fully saturated rings. The monoisotopic (exact) mass is 300 g/mol. The molecule has 1 heterocycles. The molecule has 0 unspecified atom stereocenters. The summed E-state index contributed by atoms with van der Waals surface area (Å²) in [4.78, 5) is 19.5. The average molecular weight is 301 g/mol. The van der Waals surface area contributed by atoms with Crippen molar-refractivity contribution >= 4 is 39.9 Å². The molecule has 0 aliphatic heterocycles. The Balaban J connectivity index is 1.88. The zero-order valence-corrected chi connectivity index (χ0v) is 12.0. The lowest BCUT2D eigenvalue weighted by atomic mass is 10.1. The molecule has 3 N–H and O–H groups in total. The maximum Gasteiger partial charge on any atom is 0.257 e. The fourth-order valence-electron chi connectivity index (χ4n) is 2.13. The van der Waals surface area contributed by atoms with Crippen molar-refractivity contribution in [2.75, 3.05) is 17.7 Å². The van der Waals surface area contributed by atoms with Crippen LogP contribution in [0.4, 0.5) is 11.4 Å². The van der Waals surface area contributed by atoms with Gasteiger partial charge in [-0.25, -0.2) is 4.98 Å². The summed E-state index contributed by atoms with van der Waals surface area (Å²) in [7, 11) is 1.75. The molecule has 21 heavy (non-hydrogen) atoms. The summed E-state index contributed by atoms with van der Waals surface area (Å²) >= 11 is 5.93. The molecule has 0 saturated carbocycles. The minimum absolute atomic E-state index is 0.199. The molecule has 3 aromatic rings. The van der Waals surface area contributed by atoms with E-state index in [1.807, 2.05) is 18.2 Å². The maximum absolute atomic E-state index is 12.4. The number of carbonyl (C=O) groups excluding carboxylic acids is 1. The number of anilines is 2. The van der Waals surface area contributed by atoms with Crippen molar-refractivity contribution in [3.8, 4) is 0 Å². The number of imidazole rings is 1. The van der Waals surface area contributed by atoms with E-state index in [0.717, 1.165) is 11.0 Å². The number of rotatable bonds is 3. The summed E-state index contributed by atoms with van der Waals surface area (Å²) in [5.74, 6) is -0.199. The molecule has 0 radical (unpaired) electrons. The van der Waals surface area contributed by atoms with E-state index in [9.17, 15) is 4.79 Å². The third kappa shape index (κ3) is 2.68. The number of carbonyl (C=O) groups is 1. The van der Waals surface area contributed by atoms with Crippen LogP contribution in [0.15, 0.2) is 42.7 Å². The van der Waals surface area contributed by atoms with E-state index < -0.39 is 0 Å². The largest absolute Gasteiger partial charge is 0.387 e. The van der Waals surface area contributed by atoms with Crippen molar-refractivity contribution in [3.63, 3.8) is 0 Å². The topological polar surface area (TPSA) is 69.8 Å². The number of aromatic nitrogens is 2. The van der Waals surface area contributed by atoms with E-state index in [0.29, 0.717) is 22.0 Å². The second kappa shape index (κ2) is 5.46. The first kappa shape index (κ1) is 13.5. The lowest BCUT2D eigenvalue weighted by Gasteiger charge is -2.10. The first-order chi connectivity index (χ1) is 10.2. The van der Waals surface area contributed by atoms with Gasteiger partial charge in [-0.2, -0.15) is 0 Å². The lowest BCUT2D eigenvalue weighted by Crippen LogP contribution is -2.13. The van der Waals surface area contributed by atoms with Gasteiger partial charge in [-0.05, 0) is 36.4 Å². The summed E-state index contributed by atoms with van der Waals surface area (Å²) < 4.78 is 0. The van der Waals surface area contributed by atoms with Gasteiger partial charge in [0.15, 0.2) is 0 Å². The Labute approximate surface area is 126 Å². The van der Waals surface area contributed by atoms with E-state index >= 15 is 0 Å². The zero-order chi connectivity index (χ0) is 14.8. The van der Waals surface area contributed by atoms with Gasteiger partial charge in [-0.1, -0.05) is 11.6 Å². The maximum atomic E-state index is 12.4. The van der Waals surface area contributed by atoms with Crippen molar-refractivity contribution in [2.24, 2.45) is 0 Å².